The molecule has 0 radical (unpaired) electrons. The van der Waals surface area contributed by atoms with E-state index in [-0.39, 0.29) is 6.61 Å². The molecule has 0 heterocycles. The predicted octanol–water partition coefficient (Wildman–Crippen LogP) is -0.991. The van der Waals surface area contributed by atoms with E-state index in [4.69, 9.17) is 20.7 Å². The van der Waals surface area contributed by atoms with E-state index >= 15 is 0 Å². The zero-order chi connectivity index (χ0) is 16.5. The highest BCUT2D eigenvalue weighted by Crippen LogP contribution is 2.02. The highest BCUT2D eigenvalue weighted by Gasteiger charge is 2.24. The molecule has 0 aliphatic heterocycles. The van der Waals surface area contributed by atoms with Gasteiger partial charge in [-0.3, -0.25) is 9.59 Å². The first kappa shape index (κ1) is 17.6. The van der Waals surface area contributed by atoms with Crippen LogP contribution in [0.25, 0.3) is 0 Å². The Morgan fingerprint density at radius 1 is 1.23 bits per heavy atom. The van der Waals surface area contributed by atoms with E-state index < -0.39 is 43.0 Å². The number of amides is 1. The summed E-state index contributed by atoms with van der Waals surface area (Å²) in [6, 6.07) is 6.26. The van der Waals surface area contributed by atoms with Crippen molar-refractivity contribution in [2.45, 2.75) is 25.1 Å². The molecule has 120 valence electrons. The van der Waals surface area contributed by atoms with Crippen LogP contribution in [0.5, 0.6) is 0 Å². The Morgan fingerprint density at radius 2 is 1.86 bits per heavy atom. The number of hydrogen-bond acceptors (Lipinski definition) is 6. The van der Waals surface area contributed by atoms with Gasteiger partial charge in [0.15, 0.2) is 0 Å². The van der Waals surface area contributed by atoms with Crippen LogP contribution in [-0.4, -0.2) is 46.7 Å². The van der Waals surface area contributed by atoms with Crippen LogP contribution in [0.2, 0.25) is 0 Å². The lowest BCUT2D eigenvalue weighted by Crippen LogP contribution is -2.50. The van der Waals surface area contributed by atoms with Crippen LogP contribution in [0.15, 0.2) is 30.3 Å². The second kappa shape index (κ2) is 8.75. The van der Waals surface area contributed by atoms with Gasteiger partial charge in [0.1, 0.15) is 12.6 Å². The lowest BCUT2D eigenvalue weighted by molar-refractivity contribution is -0.147. The minimum atomic E-state index is -1.46. The fourth-order valence-electron chi connectivity index (χ4n) is 1.53. The van der Waals surface area contributed by atoms with Crippen molar-refractivity contribution < 1.29 is 29.3 Å². The minimum Gasteiger partial charge on any atom is -0.480 e. The monoisotopic (exact) mass is 310 g/mol. The summed E-state index contributed by atoms with van der Waals surface area (Å²) < 4.78 is 4.96. The number of aliphatic hydroxyl groups is 1. The maximum absolute atomic E-state index is 11.6. The van der Waals surface area contributed by atoms with Crippen LogP contribution in [0.3, 0.4) is 0 Å². The Labute approximate surface area is 126 Å². The fourth-order valence-corrected chi connectivity index (χ4v) is 1.53. The number of nitrogens with one attached hydrogen (secondary N) is 1. The molecule has 0 aromatic heterocycles. The third-order valence-electron chi connectivity index (χ3n) is 2.76. The van der Waals surface area contributed by atoms with E-state index in [0.29, 0.717) is 0 Å². The van der Waals surface area contributed by atoms with E-state index in [9.17, 15) is 14.4 Å². The molecule has 0 aliphatic carbocycles. The molecule has 8 heteroatoms. The standard InChI is InChI=1S/C14H18N2O6/c15-10(13(19)16-11(7-17)14(20)21)6-12(18)22-8-9-4-2-1-3-5-9/h1-5,10-11,17H,6-8,15H2,(H,16,19)(H,20,21)/t10-,11-/m0/s1. The molecule has 22 heavy (non-hydrogen) atoms. The molecule has 5 N–H and O–H groups in total. The molecule has 0 saturated heterocycles. The maximum Gasteiger partial charge on any atom is 0.328 e. The molecule has 1 aromatic rings. The minimum absolute atomic E-state index is 0.0579. The van der Waals surface area contributed by atoms with Crippen molar-refractivity contribution >= 4 is 17.8 Å². The van der Waals surface area contributed by atoms with Gasteiger partial charge in [-0.1, -0.05) is 30.3 Å². The van der Waals surface area contributed by atoms with Crippen LogP contribution in [-0.2, 0) is 25.7 Å². The van der Waals surface area contributed by atoms with Crippen LogP contribution in [0.1, 0.15) is 12.0 Å². The lowest BCUT2D eigenvalue weighted by Gasteiger charge is -2.15. The zero-order valence-corrected chi connectivity index (χ0v) is 11.8. The number of aliphatic carboxylic acids is 1. The number of esters is 1. The molecule has 0 saturated carbocycles. The summed E-state index contributed by atoms with van der Waals surface area (Å²) >= 11 is 0. The number of carbonyl (C=O) groups excluding carboxylic acids is 2. The van der Waals surface area contributed by atoms with Gasteiger partial charge in [-0.15, -0.1) is 0 Å². The molecule has 0 fully saturated rings. The molecule has 1 aromatic carbocycles. The Balaban J connectivity index is 2.39. The van der Waals surface area contributed by atoms with Gasteiger partial charge in [0, 0.05) is 0 Å². The van der Waals surface area contributed by atoms with Crippen molar-refractivity contribution in [3.05, 3.63) is 35.9 Å². The molecule has 0 spiro atoms. The van der Waals surface area contributed by atoms with Crippen LogP contribution in [0.4, 0.5) is 0 Å². The maximum atomic E-state index is 11.6. The number of aliphatic hydroxyl groups excluding tert-OH is 1. The van der Waals surface area contributed by atoms with Gasteiger partial charge in [-0.05, 0) is 5.56 Å². The second-order valence-corrected chi connectivity index (χ2v) is 4.54. The van der Waals surface area contributed by atoms with Gasteiger partial charge < -0.3 is 26.0 Å². The number of hydrogen-bond donors (Lipinski definition) is 4. The van der Waals surface area contributed by atoms with Crippen molar-refractivity contribution in [2.75, 3.05) is 6.61 Å². The second-order valence-electron chi connectivity index (χ2n) is 4.54. The zero-order valence-electron chi connectivity index (χ0n) is 11.8. The number of nitrogens with two attached hydrogens (primary N) is 1. The van der Waals surface area contributed by atoms with E-state index in [1.807, 2.05) is 11.4 Å². The lowest BCUT2D eigenvalue weighted by atomic mass is 10.2. The molecule has 0 bridgehead atoms. The quantitative estimate of drug-likeness (QED) is 0.452. The fraction of sp³-hybridized carbons (Fsp3) is 0.357. The Kier molecular flexibility index (Phi) is 7.00. The third kappa shape index (κ3) is 5.90. The molecule has 1 rings (SSSR count). The summed E-state index contributed by atoms with van der Waals surface area (Å²) in [5.41, 5.74) is 6.29. The molecule has 0 aliphatic rings. The highest BCUT2D eigenvalue weighted by atomic mass is 16.5. The van der Waals surface area contributed by atoms with Crippen molar-refractivity contribution in [2.24, 2.45) is 5.73 Å². The summed E-state index contributed by atoms with van der Waals surface area (Å²) in [4.78, 5) is 33.8. The Morgan fingerprint density at radius 3 is 2.41 bits per heavy atom. The average Bonchev–Trinajstić information content (AvgIpc) is 2.50. The van der Waals surface area contributed by atoms with Crippen molar-refractivity contribution in [3.63, 3.8) is 0 Å². The number of rotatable bonds is 8. The predicted molar refractivity (Wildman–Crippen MR) is 75.5 cm³/mol. The van der Waals surface area contributed by atoms with Gasteiger partial charge in [0.2, 0.25) is 5.91 Å². The average molecular weight is 310 g/mol. The third-order valence-corrected chi connectivity index (χ3v) is 2.76. The van der Waals surface area contributed by atoms with Gasteiger partial charge in [-0.2, -0.15) is 0 Å². The summed E-state index contributed by atoms with van der Waals surface area (Å²) in [6.07, 6.45) is -0.392. The first-order valence-corrected chi connectivity index (χ1v) is 6.53. The van der Waals surface area contributed by atoms with E-state index in [1.165, 1.54) is 0 Å². The van der Waals surface area contributed by atoms with Crippen LogP contribution >= 0.6 is 0 Å². The van der Waals surface area contributed by atoms with Crippen molar-refractivity contribution in [1.29, 1.82) is 0 Å². The summed E-state index contributed by atoms with van der Waals surface area (Å²) in [5, 5.41) is 19.5. The number of carboxylic acid groups (broad SMARTS) is 1. The van der Waals surface area contributed by atoms with Gasteiger partial charge in [-0.25, -0.2) is 4.79 Å². The molecular weight excluding hydrogens is 292 g/mol. The molecule has 1 amide bonds. The van der Waals surface area contributed by atoms with Gasteiger partial charge in [0.05, 0.1) is 19.1 Å². The molecule has 8 nitrogen and oxygen atoms in total. The highest BCUT2D eigenvalue weighted by molar-refractivity contribution is 5.89. The first-order valence-electron chi connectivity index (χ1n) is 6.53. The largest absolute Gasteiger partial charge is 0.480 e. The molecule has 0 unspecified atom stereocenters. The van der Waals surface area contributed by atoms with E-state index in [2.05, 4.69) is 0 Å². The summed E-state index contributed by atoms with van der Waals surface area (Å²) in [5.74, 6) is -2.92. The SMILES string of the molecule is N[C@@H](CC(=O)OCc1ccccc1)C(=O)N[C@@H](CO)C(=O)O. The normalized spacial score (nSPS) is 13.0. The smallest absolute Gasteiger partial charge is 0.328 e. The first-order chi connectivity index (χ1) is 10.4. The Bertz CT molecular complexity index is 519. The van der Waals surface area contributed by atoms with E-state index in [0.717, 1.165) is 5.56 Å². The van der Waals surface area contributed by atoms with Gasteiger partial charge >= 0.3 is 11.9 Å². The van der Waals surface area contributed by atoms with Crippen molar-refractivity contribution in [1.82, 2.24) is 5.32 Å². The van der Waals surface area contributed by atoms with Crippen molar-refractivity contribution in [3.8, 4) is 0 Å². The summed E-state index contributed by atoms with van der Waals surface area (Å²) in [7, 11) is 0. The van der Waals surface area contributed by atoms with Crippen LogP contribution in [0, 0.1) is 0 Å². The molecule has 2 atom stereocenters. The topological polar surface area (TPSA) is 139 Å². The molecular formula is C14H18N2O6. The number of ether oxygens (including phenoxy) is 1. The number of carbonyl (C=O) groups is 3. The van der Waals surface area contributed by atoms with E-state index in [1.54, 1.807) is 24.3 Å². The number of benzene rings is 1. The number of carboxylic acids is 1. The summed E-state index contributed by atoms with van der Waals surface area (Å²) in [6.45, 7) is -0.714. The Hall–Kier alpha value is -2.45. The van der Waals surface area contributed by atoms with Crippen LogP contribution < -0.4 is 11.1 Å². The van der Waals surface area contributed by atoms with Gasteiger partial charge in [0.25, 0.3) is 0 Å².